The lowest BCUT2D eigenvalue weighted by Gasteiger charge is -2.31. The number of ether oxygens (including phenoxy) is 1. The third-order valence-corrected chi connectivity index (χ3v) is 7.15. The molecular weight excluding hydrogens is 502 g/mol. The predicted octanol–water partition coefficient (Wildman–Crippen LogP) is 3.46. The Morgan fingerprint density at radius 3 is 2.30 bits per heavy atom. The molecule has 2 aliphatic heterocycles. The fourth-order valence-corrected chi connectivity index (χ4v) is 5.11. The maximum Gasteiger partial charge on any atom is 0.250 e. The van der Waals surface area contributed by atoms with Gasteiger partial charge in [0.05, 0.1) is 24.8 Å². The van der Waals surface area contributed by atoms with Crippen LogP contribution in [0.5, 0.6) is 0 Å². The van der Waals surface area contributed by atoms with Crippen molar-refractivity contribution in [2.24, 2.45) is 0 Å². The van der Waals surface area contributed by atoms with Gasteiger partial charge in [0.1, 0.15) is 0 Å². The molecule has 0 radical (unpaired) electrons. The maximum atomic E-state index is 13.6. The highest BCUT2D eigenvalue weighted by Gasteiger charge is 2.36. The summed E-state index contributed by atoms with van der Waals surface area (Å²) in [5, 5.41) is 18.6. The van der Waals surface area contributed by atoms with Crippen LogP contribution in [-0.4, -0.2) is 62.7 Å². The van der Waals surface area contributed by atoms with E-state index in [9.17, 15) is 14.9 Å². The minimum Gasteiger partial charge on any atom is -0.379 e. The summed E-state index contributed by atoms with van der Waals surface area (Å²) in [7, 11) is 0. The number of allylic oxidation sites excluding steroid dienone is 2. The monoisotopic (exact) mass is 539 g/mol. The molecule has 4 rings (SSSR count). The van der Waals surface area contributed by atoms with Crippen LogP contribution < -0.4 is 16.0 Å². The number of morpholine rings is 1. The molecule has 0 spiro atoms. The normalized spacial score (nSPS) is 17.9. The van der Waals surface area contributed by atoms with Crippen LogP contribution in [0.25, 0.3) is 6.08 Å². The lowest BCUT2D eigenvalue weighted by Crippen LogP contribution is -2.40. The molecule has 3 N–H and O–H groups in total. The highest BCUT2D eigenvalue weighted by atomic mass is 16.5. The Labute approximate surface area is 236 Å². The zero-order valence-corrected chi connectivity index (χ0v) is 23.2. The Morgan fingerprint density at radius 1 is 1.00 bits per heavy atom. The number of nitrogens with one attached hydrogen (secondary N) is 3. The van der Waals surface area contributed by atoms with Crippen LogP contribution >= 0.6 is 0 Å². The lowest BCUT2D eigenvalue weighted by atomic mass is 9.79. The first kappa shape index (κ1) is 28.8. The van der Waals surface area contributed by atoms with Gasteiger partial charge in [-0.25, -0.2) is 0 Å². The molecule has 2 aromatic carbocycles. The number of hydrogen-bond donors (Lipinski definition) is 3. The second-order valence-corrected chi connectivity index (χ2v) is 9.96. The Bertz CT molecular complexity index is 1320. The molecule has 1 atom stereocenters. The van der Waals surface area contributed by atoms with Crippen molar-refractivity contribution in [1.29, 1.82) is 5.26 Å². The van der Waals surface area contributed by atoms with Crippen molar-refractivity contribution in [2.75, 3.05) is 45.9 Å². The molecule has 2 aromatic rings. The summed E-state index contributed by atoms with van der Waals surface area (Å²) in [6.07, 6.45) is 4.68. The Balaban J connectivity index is 1.51. The molecule has 0 bridgehead atoms. The van der Waals surface area contributed by atoms with E-state index in [1.165, 1.54) is 0 Å². The molecule has 1 saturated heterocycles. The molecule has 1 unspecified atom stereocenters. The Kier molecular flexibility index (Phi) is 10.3. The van der Waals surface area contributed by atoms with E-state index in [0.717, 1.165) is 50.4 Å². The third-order valence-electron chi connectivity index (χ3n) is 7.15. The smallest absolute Gasteiger partial charge is 0.250 e. The van der Waals surface area contributed by atoms with E-state index in [1.54, 1.807) is 12.1 Å². The first-order valence-electron chi connectivity index (χ1n) is 13.7. The first-order chi connectivity index (χ1) is 19.5. The summed E-state index contributed by atoms with van der Waals surface area (Å²) in [5.74, 6) is -1.03. The topological polar surface area (TPSA) is 106 Å². The predicted molar refractivity (Wildman–Crippen MR) is 156 cm³/mol. The van der Waals surface area contributed by atoms with Crippen LogP contribution in [0.1, 0.15) is 42.9 Å². The molecule has 8 nitrogen and oxygen atoms in total. The maximum absolute atomic E-state index is 13.6. The number of rotatable bonds is 10. The van der Waals surface area contributed by atoms with E-state index in [1.807, 2.05) is 68.5 Å². The number of dihydropyridines is 1. The summed E-state index contributed by atoms with van der Waals surface area (Å²) >= 11 is 0. The number of carbonyl (C=O) groups is 2. The van der Waals surface area contributed by atoms with Crippen molar-refractivity contribution in [1.82, 2.24) is 20.9 Å². The molecule has 1 fully saturated rings. The van der Waals surface area contributed by atoms with Gasteiger partial charge in [-0.1, -0.05) is 54.6 Å². The zero-order chi connectivity index (χ0) is 28.3. The summed E-state index contributed by atoms with van der Waals surface area (Å²) < 4.78 is 5.41. The SMILES string of the molecule is CC1=C(C(=O)NC/C=C/c2ccccc2)C(c2ccc(C#N)cc2)C(C(=O)NCCCN2CCOCC2)=C(C)N1. The minimum atomic E-state index is -0.577. The van der Waals surface area contributed by atoms with E-state index in [-0.39, 0.29) is 11.8 Å². The highest BCUT2D eigenvalue weighted by molar-refractivity contribution is 6.03. The fraction of sp³-hybridized carbons (Fsp3) is 0.344. The van der Waals surface area contributed by atoms with Gasteiger partial charge in [-0.05, 0) is 50.1 Å². The highest BCUT2D eigenvalue weighted by Crippen LogP contribution is 2.38. The van der Waals surface area contributed by atoms with Crippen molar-refractivity contribution in [3.05, 3.63) is 99.9 Å². The average molecular weight is 540 g/mol. The van der Waals surface area contributed by atoms with Crippen molar-refractivity contribution in [2.45, 2.75) is 26.2 Å². The van der Waals surface area contributed by atoms with Gasteiger partial charge in [0.2, 0.25) is 11.8 Å². The summed E-state index contributed by atoms with van der Waals surface area (Å²) in [6, 6.07) is 19.1. The quantitative estimate of drug-likeness (QED) is 0.400. The van der Waals surface area contributed by atoms with Gasteiger partial charge in [-0.15, -0.1) is 0 Å². The summed E-state index contributed by atoms with van der Waals surface area (Å²) in [4.78, 5) is 29.5. The number of benzene rings is 2. The largest absolute Gasteiger partial charge is 0.379 e. The molecular formula is C32H37N5O3. The fourth-order valence-electron chi connectivity index (χ4n) is 5.11. The van der Waals surface area contributed by atoms with E-state index in [2.05, 4.69) is 26.9 Å². The molecule has 2 aliphatic rings. The molecule has 208 valence electrons. The van der Waals surface area contributed by atoms with Gasteiger partial charge in [0.25, 0.3) is 0 Å². The number of amides is 2. The number of carbonyl (C=O) groups excluding carboxylic acids is 2. The van der Waals surface area contributed by atoms with Gasteiger partial charge >= 0.3 is 0 Å². The Morgan fingerprint density at radius 2 is 1.65 bits per heavy atom. The number of nitriles is 1. The van der Waals surface area contributed by atoms with Gasteiger partial charge in [0, 0.05) is 54.6 Å². The van der Waals surface area contributed by atoms with E-state index < -0.39 is 5.92 Å². The van der Waals surface area contributed by atoms with Crippen molar-refractivity contribution >= 4 is 17.9 Å². The zero-order valence-electron chi connectivity index (χ0n) is 23.2. The van der Waals surface area contributed by atoms with Gasteiger partial charge in [-0.2, -0.15) is 5.26 Å². The lowest BCUT2D eigenvalue weighted by molar-refractivity contribution is -0.118. The van der Waals surface area contributed by atoms with Crippen LogP contribution in [0.15, 0.2) is 83.2 Å². The minimum absolute atomic E-state index is 0.205. The van der Waals surface area contributed by atoms with Crippen molar-refractivity contribution in [3.63, 3.8) is 0 Å². The van der Waals surface area contributed by atoms with Crippen LogP contribution in [0, 0.1) is 11.3 Å². The van der Waals surface area contributed by atoms with E-state index >= 15 is 0 Å². The van der Waals surface area contributed by atoms with Gasteiger partial charge in [0.15, 0.2) is 0 Å². The van der Waals surface area contributed by atoms with Crippen LogP contribution in [0.3, 0.4) is 0 Å². The molecule has 2 amide bonds. The number of hydrogen-bond acceptors (Lipinski definition) is 6. The molecule has 40 heavy (non-hydrogen) atoms. The third kappa shape index (κ3) is 7.47. The second-order valence-electron chi connectivity index (χ2n) is 9.96. The van der Waals surface area contributed by atoms with Crippen molar-refractivity contribution in [3.8, 4) is 6.07 Å². The van der Waals surface area contributed by atoms with Crippen LogP contribution in [0.4, 0.5) is 0 Å². The van der Waals surface area contributed by atoms with E-state index in [0.29, 0.717) is 41.2 Å². The summed E-state index contributed by atoms with van der Waals surface area (Å²) in [6.45, 7) is 8.79. The molecule has 0 aliphatic carbocycles. The molecule has 2 heterocycles. The first-order valence-corrected chi connectivity index (χ1v) is 13.7. The molecule has 0 saturated carbocycles. The van der Waals surface area contributed by atoms with Crippen LogP contribution in [0.2, 0.25) is 0 Å². The average Bonchev–Trinajstić information content (AvgIpc) is 2.98. The second kappa shape index (κ2) is 14.3. The van der Waals surface area contributed by atoms with Crippen LogP contribution in [-0.2, 0) is 14.3 Å². The number of nitrogens with zero attached hydrogens (tertiary/aromatic N) is 2. The molecule has 8 heteroatoms. The van der Waals surface area contributed by atoms with Gasteiger partial charge < -0.3 is 20.7 Å². The van der Waals surface area contributed by atoms with Crippen molar-refractivity contribution < 1.29 is 14.3 Å². The van der Waals surface area contributed by atoms with E-state index in [4.69, 9.17) is 4.74 Å². The Hall–Kier alpha value is -4.19. The summed E-state index contributed by atoms with van der Waals surface area (Å²) in [5.41, 5.74) is 4.74. The standard InChI is InChI=1S/C32H37N5O3/c1-23-28(31(38)34-15-6-10-25-8-4-3-5-9-25)30(27-13-11-26(22-33)12-14-27)29(24(2)36-23)32(39)35-16-7-17-37-18-20-40-21-19-37/h3-6,8-14,30,36H,7,15-21H2,1-2H3,(H,34,38)(H,35,39)/b10-6+. The molecule has 0 aromatic heterocycles. The van der Waals surface area contributed by atoms with Gasteiger partial charge in [-0.3, -0.25) is 14.5 Å².